The Hall–Kier alpha value is -2.01. The summed E-state index contributed by atoms with van der Waals surface area (Å²) < 4.78 is 1.69. The van der Waals surface area contributed by atoms with Gasteiger partial charge in [-0.05, 0) is 24.6 Å². The number of hydrogen-bond donors (Lipinski definition) is 2. The summed E-state index contributed by atoms with van der Waals surface area (Å²) in [6, 6.07) is 4.63. The number of aromatic carboxylic acids is 1. The van der Waals surface area contributed by atoms with Gasteiger partial charge in [0.1, 0.15) is 0 Å². The third-order valence-corrected chi connectivity index (χ3v) is 2.96. The molecule has 0 saturated carbocycles. The molecule has 19 heavy (non-hydrogen) atoms. The Balaban J connectivity index is 2.42. The summed E-state index contributed by atoms with van der Waals surface area (Å²) in [5, 5.41) is 17.0. The van der Waals surface area contributed by atoms with Crippen LogP contribution in [-0.2, 0) is 13.5 Å². The van der Waals surface area contributed by atoms with E-state index < -0.39 is 5.97 Å². The van der Waals surface area contributed by atoms with Gasteiger partial charge in [-0.25, -0.2) is 4.79 Å². The molecule has 0 aliphatic heterocycles. The zero-order valence-corrected chi connectivity index (χ0v) is 11.4. The minimum Gasteiger partial charge on any atom is -0.478 e. The quantitative estimate of drug-likeness (QED) is 0.902. The van der Waals surface area contributed by atoms with Crippen molar-refractivity contribution in [2.24, 2.45) is 7.05 Å². The van der Waals surface area contributed by atoms with Crippen molar-refractivity contribution in [2.45, 2.75) is 13.3 Å². The molecule has 1 heterocycles. The van der Waals surface area contributed by atoms with Gasteiger partial charge in [0.2, 0.25) is 0 Å². The molecule has 0 atom stereocenters. The molecule has 2 rings (SSSR count). The SMILES string of the molecule is CCc1nn(C)cc1Nc1cc(Cl)ccc1C(=O)O. The number of carbonyl (C=O) groups is 1. The molecule has 5 nitrogen and oxygen atoms in total. The molecule has 1 aromatic heterocycles. The minimum absolute atomic E-state index is 0.176. The lowest BCUT2D eigenvalue weighted by atomic mass is 10.1. The molecular weight excluding hydrogens is 266 g/mol. The lowest BCUT2D eigenvalue weighted by Crippen LogP contribution is -2.03. The van der Waals surface area contributed by atoms with Crippen LogP contribution in [0.25, 0.3) is 0 Å². The molecule has 1 aromatic carbocycles. The van der Waals surface area contributed by atoms with Gasteiger partial charge in [-0.1, -0.05) is 18.5 Å². The van der Waals surface area contributed by atoms with Gasteiger partial charge in [0.15, 0.2) is 0 Å². The van der Waals surface area contributed by atoms with Crippen LogP contribution in [0, 0.1) is 0 Å². The first-order chi connectivity index (χ1) is 9.01. The van der Waals surface area contributed by atoms with Gasteiger partial charge in [-0.3, -0.25) is 4.68 Å². The Labute approximate surface area is 115 Å². The van der Waals surface area contributed by atoms with Crippen molar-refractivity contribution < 1.29 is 9.90 Å². The molecule has 0 saturated heterocycles. The van der Waals surface area contributed by atoms with E-state index in [0.29, 0.717) is 10.7 Å². The van der Waals surface area contributed by atoms with Crippen LogP contribution in [0.5, 0.6) is 0 Å². The smallest absolute Gasteiger partial charge is 0.337 e. The molecule has 0 aliphatic rings. The van der Waals surface area contributed by atoms with E-state index in [1.165, 1.54) is 6.07 Å². The monoisotopic (exact) mass is 279 g/mol. The molecule has 0 radical (unpaired) electrons. The van der Waals surface area contributed by atoms with Crippen molar-refractivity contribution in [3.05, 3.63) is 40.7 Å². The van der Waals surface area contributed by atoms with E-state index in [1.807, 2.05) is 20.2 Å². The molecule has 0 unspecified atom stereocenters. The van der Waals surface area contributed by atoms with Gasteiger partial charge in [0.25, 0.3) is 0 Å². The zero-order valence-electron chi connectivity index (χ0n) is 10.6. The van der Waals surface area contributed by atoms with Gasteiger partial charge in [0.05, 0.1) is 22.6 Å². The minimum atomic E-state index is -0.999. The lowest BCUT2D eigenvalue weighted by molar-refractivity contribution is 0.0698. The van der Waals surface area contributed by atoms with Crippen LogP contribution in [0.15, 0.2) is 24.4 Å². The highest BCUT2D eigenvalue weighted by Gasteiger charge is 2.13. The van der Waals surface area contributed by atoms with E-state index >= 15 is 0 Å². The average Bonchev–Trinajstić information content (AvgIpc) is 2.69. The summed E-state index contributed by atoms with van der Waals surface area (Å²) in [5.74, 6) is -0.999. The van der Waals surface area contributed by atoms with Gasteiger partial charge >= 0.3 is 5.97 Å². The fourth-order valence-corrected chi connectivity index (χ4v) is 2.02. The molecule has 100 valence electrons. The third-order valence-electron chi connectivity index (χ3n) is 2.72. The van der Waals surface area contributed by atoms with E-state index in [-0.39, 0.29) is 5.56 Å². The molecule has 6 heteroatoms. The van der Waals surface area contributed by atoms with Gasteiger partial charge in [0, 0.05) is 18.3 Å². The second kappa shape index (κ2) is 5.32. The van der Waals surface area contributed by atoms with Crippen LogP contribution in [0.4, 0.5) is 11.4 Å². The van der Waals surface area contributed by atoms with Crippen LogP contribution < -0.4 is 5.32 Å². The predicted molar refractivity (Wildman–Crippen MR) is 74.3 cm³/mol. The number of nitrogens with one attached hydrogen (secondary N) is 1. The number of carboxylic acid groups (broad SMARTS) is 1. The molecular formula is C13H14ClN3O2. The summed E-state index contributed by atoms with van der Waals surface area (Å²) in [5.41, 5.74) is 2.30. The largest absolute Gasteiger partial charge is 0.478 e. The highest BCUT2D eigenvalue weighted by molar-refractivity contribution is 6.31. The fraction of sp³-hybridized carbons (Fsp3) is 0.231. The van der Waals surface area contributed by atoms with E-state index in [9.17, 15) is 4.79 Å². The van der Waals surface area contributed by atoms with E-state index in [1.54, 1.807) is 16.8 Å². The number of hydrogen-bond acceptors (Lipinski definition) is 3. The van der Waals surface area contributed by atoms with E-state index in [4.69, 9.17) is 16.7 Å². The Morgan fingerprint density at radius 1 is 1.47 bits per heavy atom. The molecule has 0 aliphatic carbocycles. The molecule has 0 bridgehead atoms. The third kappa shape index (κ3) is 2.88. The number of benzene rings is 1. The maximum atomic E-state index is 11.2. The van der Waals surface area contributed by atoms with Gasteiger partial charge < -0.3 is 10.4 Å². The number of aromatic nitrogens is 2. The van der Waals surface area contributed by atoms with Crippen molar-refractivity contribution >= 4 is 28.9 Å². The Kier molecular flexibility index (Phi) is 3.76. The molecule has 0 fully saturated rings. The maximum Gasteiger partial charge on any atom is 0.337 e. The summed E-state index contributed by atoms with van der Waals surface area (Å²) in [7, 11) is 1.82. The Bertz CT molecular complexity index is 622. The Morgan fingerprint density at radius 3 is 2.84 bits per heavy atom. The van der Waals surface area contributed by atoms with E-state index in [0.717, 1.165) is 17.8 Å². The topological polar surface area (TPSA) is 67.2 Å². The summed E-state index contributed by atoms with van der Waals surface area (Å²) in [6.07, 6.45) is 2.57. The summed E-state index contributed by atoms with van der Waals surface area (Å²) in [4.78, 5) is 11.2. The van der Waals surface area contributed by atoms with Crippen molar-refractivity contribution in [3.8, 4) is 0 Å². The highest BCUT2D eigenvalue weighted by Crippen LogP contribution is 2.26. The number of carboxylic acids is 1. The normalized spacial score (nSPS) is 10.5. The van der Waals surface area contributed by atoms with E-state index in [2.05, 4.69) is 10.4 Å². The molecule has 0 spiro atoms. The van der Waals surface area contributed by atoms with Crippen LogP contribution in [-0.4, -0.2) is 20.9 Å². The number of aryl methyl sites for hydroxylation is 2. The van der Waals surface area contributed by atoms with Crippen molar-refractivity contribution in [1.82, 2.24) is 9.78 Å². The summed E-state index contributed by atoms with van der Waals surface area (Å²) in [6.45, 7) is 1.99. The van der Waals surface area contributed by atoms with Crippen LogP contribution in [0.2, 0.25) is 5.02 Å². The first-order valence-electron chi connectivity index (χ1n) is 5.83. The number of rotatable bonds is 4. The first-order valence-corrected chi connectivity index (χ1v) is 6.21. The van der Waals surface area contributed by atoms with Crippen LogP contribution >= 0.6 is 11.6 Å². The van der Waals surface area contributed by atoms with Crippen LogP contribution in [0.3, 0.4) is 0 Å². The van der Waals surface area contributed by atoms with Crippen molar-refractivity contribution in [1.29, 1.82) is 0 Å². The predicted octanol–water partition coefficient (Wildman–Crippen LogP) is 3.08. The number of nitrogens with zero attached hydrogens (tertiary/aromatic N) is 2. The molecule has 0 amide bonds. The number of halogens is 1. The van der Waals surface area contributed by atoms with Crippen LogP contribution in [0.1, 0.15) is 23.0 Å². The fourth-order valence-electron chi connectivity index (χ4n) is 1.85. The van der Waals surface area contributed by atoms with Crippen molar-refractivity contribution in [2.75, 3.05) is 5.32 Å². The first kappa shape index (κ1) is 13.4. The highest BCUT2D eigenvalue weighted by atomic mass is 35.5. The maximum absolute atomic E-state index is 11.2. The number of anilines is 2. The summed E-state index contributed by atoms with van der Waals surface area (Å²) >= 11 is 5.91. The lowest BCUT2D eigenvalue weighted by Gasteiger charge is -2.09. The van der Waals surface area contributed by atoms with Gasteiger partial charge in [-0.2, -0.15) is 5.10 Å². The second-order valence-corrected chi connectivity index (χ2v) is 4.57. The second-order valence-electron chi connectivity index (χ2n) is 4.14. The average molecular weight is 280 g/mol. The molecule has 2 aromatic rings. The molecule has 2 N–H and O–H groups in total. The Morgan fingerprint density at radius 2 is 2.21 bits per heavy atom. The van der Waals surface area contributed by atoms with Crippen molar-refractivity contribution in [3.63, 3.8) is 0 Å². The standard InChI is InChI=1S/C13H14ClN3O2/c1-3-10-12(7-17(2)16-10)15-11-6-8(14)4-5-9(11)13(18)19/h4-7,15H,3H2,1-2H3,(H,18,19). The zero-order chi connectivity index (χ0) is 14.0. The van der Waals surface area contributed by atoms with Gasteiger partial charge in [-0.15, -0.1) is 0 Å².